The van der Waals surface area contributed by atoms with Gasteiger partial charge in [0.2, 0.25) is 0 Å². The Morgan fingerprint density at radius 2 is 1.61 bits per heavy atom. The van der Waals surface area contributed by atoms with Crippen molar-refractivity contribution in [1.82, 2.24) is 10.3 Å². The van der Waals surface area contributed by atoms with Crippen LogP contribution >= 0.6 is 0 Å². The minimum Gasteiger partial charge on any atom is -0.478 e. The summed E-state index contributed by atoms with van der Waals surface area (Å²) in [5.41, 5.74) is 3.85. The van der Waals surface area contributed by atoms with Crippen molar-refractivity contribution in [2.45, 2.75) is 74.0 Å². The number of carboxylic acid groups (broad SMARTS) is 1. The molecule has 0 aliphatic heterocycles. The number of aromatic nitrogens is 1. The summed E-state index contributed by atoms with van der Waals surface area (Å²) in [5, 5.41) is 12.8. The fourth-order valence-electron chi connectivity index (χ4n) is 3.42. The number of aryl methyl sites for hydroxylation is 2. The number of carboxylic acids is 1. The average molecular weight is 427 g/mol. The Morgan fingerprint density at radius 3 is 2.10 bits per heavy atom. The van der Waals surface area contributed by atoms with Crippen LogP contribution in [0.2, 0.25) is 0 Å². The van der Waals surface area contributed by atoms with Crippen molar-refractivity contribution >= 4 is 12.1 Å². The molecular formula is C25H34N2O4. The first-order valence-corrected chi connectivity index (χ1v) is 10.5. The number of aromatic carboxylic acids is 1. The average Bonchev–Trinajstić information content (AvgIpc) is 2.57. The Bertz CT molecular complexity index is 965. The summed E-state index contributed by atoms with van der Waals surface area (Å²) in [4.78, 5) is 29.2. The largest absolute Gasteiger partial charge is 0.478 e. The molecule has 0 saturated carbocycles. The molecule has 0 fully saturated rings. The normalized spacial score (nSPS) is 11.9. The maximum absolute atomic E-state index is 12.3. The molecule has 2 rings (SSSR count). The summed E-state index contributed by atoms with van der Waals surface area (Å²) in [7, 11) is 0. The predicted octanol–water partition coefficient (Wildman–Crippen LogP) is 5.68. The lowest BCUT2D eigenvalue weighted by atomic mass is 9.85. The monoisotopic (exact) mass is 426 g/mol. The molecule has 6 nitrogen and oxygen atoms in total. The van der Waals surface area contributed by atoms with E-state index in [2.05, 4.69) is 31.1 Å². The van der Waals surface area contributed by atoms with E-state index >= 15 is 0 Å². The number of amides is 1. The van der Waals surface area contributed by atoms with Crippen molar-refractivity contribution in [3.05, 3.63) is 52.3 Å². The number of pyridine rings is 1. The lowest BCUT2D eigenvalue weighted by Gasteiger charge is -2.25. The third-order valence-electron chi connectivity index (χ3n) is 4.62. The van der Waals surface area contributed by atoms with Crippen LogP contribution in [0.3, 0.4) is 0 Å². The maximum Gasteiger partial charge on any atom is 0.407 e. The summed E-state index contributed by atoms with van der Waals surface area (Å²) < 4.78 is 5.38. The van der Waals surface area contributed by atoms with Crippen LogP contribution in [0.25, 0.3) is 11.1 Å². The number of nitrogens with one attached hydrogen (secondary N) is 1. The van der Waals surface area contributed by atoms with Gasteiger partial charge in [0.15, 0.2) is 0 Å². The second-order valence-electron chi connectivity index (χ2n) is 10.1. The van der Waals surface area contributed by atoms with Crippen molar-refractivity contribution in [2.24, 2.45) is 5.41 Å². The lowest BCUT2D eigenvalue weighted by Crippen LogP contribution is -2.33. The van der Waals surface area contributed by atoms with Gasteiger partial charge in [-0.2, -0.15) is 0 Å². The van der Waals surface area contributed by atoms with E-state index < -0.39 is 17.7 Å². The van der Waals surface area contributed by atoms with Gasteiger partial charge in [-0.15, -0.1) is 0 Å². The standard InChI is InChI=1S/C25H34N2O4/c1-15-9-11-17(12-10-15)21-18(14-26-23(30)31-25(6,7)8)19(13-24(3,4)5)27-16(2)20(21)22(28)29/h9-12H,13-14H2,1-8H3,(H,26,30)(H,28,29). The molecule has 0 saturated heterocycles. The number of ether oxygens (including phenoxy) is 1. The zero-order chi connectivity index (χ0) is 23.6. The smallest absolute Gasteiger partial charge is 0.407 e. The Kier molecular flexibility index (Phi) is 7.14. The zero-order valence-electron chi connectivity index (χ0n) is 19.8. The number of carbonyl (C=O) groups is 2. The molecule has 6 heteroatoms. The summed E-state index contributed by atoms with van der Waals surface area (Å²) in [5.74, 6) is -1.04. The summed E-state index contributed by atoms with van der Waals surface area (Å²) in [6.07, 6.45) is 0.0827. The summed E-state index contributed by atoms with van der Waals surface area (Å²) in [6.45, 7) is 15.5. The molecule has 168 valence electrons. The third kappa shape index (κ3) is 6.81. The van der Waals surface area contributed by atoms with Crippen molar-refractivity contribution in [3.8, 4) is 11.1 Å². The van der Waals surface area contributed by atoms with Crippen LogP contribution in [0.5, 0.6) is 0 Å². The fourth-order valence-corrected chi connectivity index (χ4v) is 3.42. The summed E-state index contributed by atoms with van der Waals surface area (Å²) in [6, 6.07) is 7.72. The highest BCUT2D eigenvalue weighted by Gasteiger charge is 2.26. The predicted molar refractivity (Wildman–Crippen MR) is 122 cm³/mol. The Labute approximate surface area is 185 Å². The van der Waals surface area contributed by atoms with Crippen molar-refractivity contribution in [2.75, 3.05) is 0 Å². The Morgan fingerprint density at radius 1 is 1.03 bits per heavy atom. The van der Waals surface area contributed by atoms with Crippen LogP contribution in [0.1, 0.15) is 74.4 Å². The number of hydrogen-bond acceptors (Lipinski definition) is 4. The molecule has 2 N–H and O–H groups in total. The molecule has 2 aromatic rings. The highest BCUT2D eigenvalue weighted by Crippen LogP contribution is 2.34. The van der Waals surface area contributed by atoms with Gasteiger partial charge in [0, 0.05) is 23.4 Å². The van der Waals surface area contributed by atoms with E-state index in [0.29, 0.717) is 23.2 Å². The highest BCUT2D eigenvalue weighted by atomic mass is 16.6. The SMILES string of the molecule is Cc1ccc(-c2c(CNC(=O)OC(C)(C)C)c(CC(C)(C)C)nc(C)c2C(=O)O)cc1. The van der Waals surface area contributed by atoms with Gasteiger partial charge in [-0.1, -0.05) is 50.6 Å². The van der Waals surface area contributed by atoms with Gasteiger partial charge in [0.1, 0.15) is 5.60 Å². The first kappa shape index (κ1) is 24.4. The number of nitrogens with zero attached hydrogens (tertiary/aromatic N) is 1. The number of alkyl carbamates (subject to hydrolysis) is 1. The molecule has 1 amide bonds. The van der Waals surface area contributed by atoms with Gasteiger partial charge in [-0.05, 0) is 52.0 Å². The van der Waals surface area contributed by atoms with Crippen LogP contribution in [-0.4, -0.2) is 27.8 Å². The molecule has 0 unspecified atom stereocenters. The van der Waals surface area contributed by atoms with E-state index in [1.165, 1.54) is 0 Å². The van der Waals surface area contributed by atoms with E-state index in [-0.39, 0.29) is 17.5 Å². The fraction of sp³-hybridized carbons (Fsp3) is 0.480. The minimum atomic E-state index is -1.04. The van der Waals surface area contributed by atoms with Gasteiger partial charge >= 0.3 is 12.1 Å². The Balaban J connectivity index is 2.68. The molecule has 31 heavy (non-hydrogen) atoms. The molecule has 0 spiro atoms. The van der Waals surface area contributed by atoms with E-state index in [9.17, 15) is 14.7 Å². The maximum atomic E-state index is 12.3. The van der Waals surface area contributed by atoms with Gasteiger partial charge in [0.05, 0.1) is 11.3 Å². The molecule has 0 radical (unpaired) electrons. The van der Waals surface area contributed by atoms with Crippen molar-refractivity contribution < 1.29 is 19.4 Å². The van der Waals surface area contributed by atoms with Crippen LogP contribution in [-0.2, 0) is 17.7 Å². The number of carbonyl (C=O) groups excluding carboxylic acids is 1. The van der Waals surface area contributed by atoms with Crippen LogP contribution in [0.4, 0.5) is 4.79 Å². The third-order valence-corrected chi connectivity index (χ3v) is 4.62. The first-order chi connectivity index (χ1) is 14.2. The topological polar surface area (TPSA) is 88.5 Å². The van der Waals surface area contributed by atoms with Gasteiger partial charge in [-0.25, -0.2) is 9.59 Å². The van der Waals surface area contributed by atoms with Gasteiger partial charge in [-0.3, -0.25) is 4.98 Å². The van der Waals surface area contributed by atoms with Crippen molar-refractivity contribution in [1.29, 1.82) is 0 Å². The van der Waals surface area contributed by atoms with Crippen molar-refractivity contribution in [3.63, 3.8) is 0 Å². The van der Waals surface area contributed by atoms with Gasteiger partial charge < -0.3 is 15.2 Å². The first-order valence-electron chi connectivity index (χ1n) is 10.5. The zero-order valence-corrected chi connectivity index (χ0v) is 19.8. The van der Waals surface area contributed by atoms with E-state index in [0.717, 1.165) is 16.8 Å². The molecule has 0 bridgehead atoms. The molecule has 1 aromatic carbocycles. The molecule has 1 aromatic heterocycles. The van der Waals surface area contributed by atoms with E-state index in [1.807, 2.05) is 31.2 Å². The number of rotatable bonds is 5. The lowest BCUT2D eigenvalue weighted by molar-refractivity contribution is 0.0523. The van der Waals surface area contributed by atoms with E-state index in [1.54, 1.807) is 27.7 Å². The molecule has 1 heterocycles. The van der Waals surface area contributed by atoms with Gasteiger partial charge in [0.25, 0.3) is 0 Å². The summed E-state index contributed by atoms with van der Waals surface area (Å²) >= 11 is 0. The molecule has 0 aliphatic rings. The second kappa shape index (κ2) is 9.08. The number of benzene rings is 1. The number of hydrogen-bond donors (Lipinski definition) is 2. The van der Waals surface area contributed by atoms with Crippen LogP contribution in [0.15, 0.2) is 24.3 Å². The highest BCUT2D eigenvalue weighted by molar-refractivity contribution is 5.98. The molecule has 0 aliphatic carbocycles. The van der Waals surface area contributed by atoms with Crippen LogP contribution < -0.4 is 5.32 Å². The Hall–Kier alpha value is -2.89. The minimum absolute atomic E-state index is 0.0740. The molecule has 0 atom stereocenters. The van der Waals surface area contributed by atoms with Crippen LogP contribution in [0, 0.1) is 19.3 Å². The molecular weight excluding hydrogens is 392 g/mol. The van der Waals surface area contributed by atoms with E-state index in [4.69, 9.17) is 4.74 Å². The second-order valence-corrected chi connectivity index (χ2v) is 10.1. The quantitative estimate of drug-likeness (QED) is 0.642.